The molecule has 51 heavy (non-hydrogen) atoms. The number of aromatic nitrogens is 5. The molecule has 0 bridgehead atoms. The maximum Gasteiger partial charge on any atom is 0.238 e. The fourth-order valence-corrected chi connectivity index (χ4v) is 7.75. The van der Waals surface area contributed by atoms with Crippen molar-refractivity contribution in [3.8, 4) is 29.1 Å². The van der Waals surface area contributed by atoms with Gasteiger partial charge in [-0.05, 0) is 67.4 Å². The molecule has 0 atom stereocenters. The van der Waals surface area contributed by atoms with Gasteiger partial charge in [0.25, 0.3) is 0 Å². The molecule has 0 aliphatic heterocycles. The Morgan fingerprint density at radius 1 is 0.667 bits per heavy atom. The number of nitriles is 1. The van der Waals surface area contributed by atoms with E-state index in [1.807, 2.05) is 30.3 Å². The highest BCUT2D eigenvalue weighted by Gasteiger charge is 2.26. The van der Waals surface area contributed by atoms with Crippen molar-refractivity contribution in [2.24, 2.45) is 0 Å². The van der Waals surface area contributed by atoms with E-state index in [9.17, 15) is 5.26 Å². The van der Waals surface area contributed by atoms with Gasteiger partial charge in [0.15, 0.2) is 5.82 Å². The van der Waals surface area contributed by atoms with Gasteiger partial charge >= 0.3 is 0 Å². The van der Waals surface area contributed by atoms with E-state index in [-0.39, 0.29) is 5.41 Å². The van der Waals surface area contributed by atoms with Gasteiger partial charge in [0.1, 0.15) is 16.8 Å². The van der Waals surface area contributed by atoms with Crippen LogP contribution in [0.15, 0.2) is 108 Å². The van der Waals surface area contributed by atoms with Crippen molar-refractivity contribution in [2.75, 3.05) is 0 Å². The van der Waals surface area contributed by atoms with Crippen LogP contribution in [0.25, 0.3) is 89.8 Å². The Hall–Kier alpha value is -6.52. The minimum absolute atomic E-state index is 0.386. The Bertz CT molecular complexity index is 3040. The fraction of sp³-hybridized carbons (Fsp3) is 0.136. The largest absolute Gasteiger partial charge is 0.456 e. The van der Waals surface area contributed by atoms with Crippen molar-refractivity contribution in [3.05, 3.63) is 125 Å². The lowest BCUT2D eigenvalue weighted by Gasteiger charge is -2.20. The van der Waals surface area contributed by atoms with E-state index in [1.54, 1.807) is 0 Å². The van der Waals surface area contributed by atoms with Gasteiger partial charge in [-0.1, -0.05) is 81.4 Å². The second kappa shape index (κ2) is 10.7. The number of hydrogen-bond acceptors (Lipinski definition) is 5. The highest BCUT2D eigenvalue weighted by Crippen LogP contribution is 2.39. The molecular formula is C44H32N6O. The Balaban J connectivity index is 1.30. The molecule has 244 valence electrons. The third-order valence-electron chi connectivity index (χ3n) is 10.1. The van der Waals surface area contributed by atoms with E-state index < -0.39 is 0 Å². The van der Waals surface area contributed by atoms with Crippen molar-refractivity contribution < 1.29 is 4.42 Å². The molecule has 7 heteroatoms. The van der Waals surface area contributed by atoms with Crippen molar-refractivity contribution in [2.45, 2.75) is 39.0 Å². The summed E-state index contributed by atoms with van der Waals surface area (Å²) in [5.74, 6) is 1.70. The van der Waals surface area contributed by atoms with E-state index in [0.29, 0.717) is 23.2 Å². The first-order valence-electron chi connectivity index (χ1n) is 17.3. The quantitative estimate of drug-likeness (QED) is 0.189. The second-order valence-corrected chi connectivity index (χ2v) is 14.3. The monoisotopic (exact) mass is 660 g/mol. The Kier molecular flexibility index (Phi) is 6.19. The van der Waals surface area contributed by atoms with E-state index in [1.165, 1.54) is 5.22 Å². The molecular weight excluding hydrogens is 629 g/mol. The molecule has 0 unspecified atom stereocenters. The van der Waals surface area contributed by atoms with Gasteiger partial charge in [0.2, 0.25) is 5.95 Å². The van der Waals surface area contributed by atoms with Gasteiger partial charge in [0.05, 0.1) is 44.8 Å². The first-order chi connectivity index (χ1) is 24.9. The molecule has 1 aliphatic carbocycles. The number of nitrogens with zero attached hydrogens (tertiary/aromatic N) is 6. The fourth-order valence-electron chi connectivity index (χ4n) is 7.75. The highest BCUT2D eigenvalue weighted by atomic mass is 16.3. The Morgan fingerprint density at radius 3 is 2.04 bits per heavy atom. The van der Waals surface area contributed by atoms with E-state index in [4.69, 9.17) is 19.4 Å². The smallest absolute Gasteiger partial charge is 0.238 e. The highest BCUT2D eigenvalue weighted by molar-refractivity contribution is 6.20. The Labute approximate surface area is 293 Å². The minimum Gasteiger partial charge on any atom is -0.456 e. The summed E-state index contributed by atoms with van der Waals surface area (Å²) in [4.78, 5) is 15.5. The zero-order valence-electron chi connectivity index (χ0n) is 28.5. The second-order valence-electron chi connectivity index (χ2n) is 14.3. The van der Waals surface area contributed by atoms with Crippen molar-refractivity contribution in [1.82, 2.24) is 24.1 Å². The molecule has 0 amide bonds. The molecule has 0 saturated heterocycles. The molecule has 0 saturated carbocycles. The summed E-state index contributed by atoms with van der Waals surface area (Å²) in [5.41, 5.74) is 7.65. The van der Waals surface area contributed by atoms with Crippen LogP contribution in [0.4, 0.5) is 0 Å². The average molecular weight is 661 g/mol. The van der Waals surface area contributed by atoms with Crippen molar-refractivity contribution in [3.63, 3.8) is 0 Å². The van der Waals surface area contributed by atoms with Crippen molar-refractivity contribution >= 4 is 66.7 Å². The number of benzene rings is 5. The summed E-state index contributed by atoms with van der Waals surface area (Å²) in [6, 6.07) is 37.7. The van der Waals surface area contributed by atoms with Crippen LogP contribution < -0.4 is 10.6 Å². The van der Waals surface area contributed by atoms with E-state index in [0.717, 1.165) is 84.1 Å². The van der Waals surface area contributed by atoms with Crippen LogP contribution in [-0.4, -0.2) is 24.1 Å². The van der Waals surface area contributed by atoms with Crippen LogP contribution in [0.5, 0.6) is 0 Å². The third kappa shape index (κ3) is 4.33. The summed E-state index contributed by atoms with van der Waals surface area (Å²) in [6.45, 7) is 6.35. The first-order valence-corrected chi connectivity index (χ1v) is 17.3. The molecule has 4 heterocycles. The van der Waals surface area contributed by atoms with Gasteiger partial charge in [-0.25, -0.2) is 4.98 Å². The lowest BCUT2D eigenvalue weighted by Crippen LogP contribution is -2.21. The molecule has 0 fully saturated rings. The number of furan rings is 1. The van der Waals surface area contributed by atoms with Gasteiger partial charge in [-0.3, -0.25) is 4.57 Å². The predicted octanol–water partition coefficient (Wildman–Crippen LogP) is 9.00. The summed E-state index contributed by atoms with van der Waals surface area (Å²) < 4.78 is 11.0. The number of para-hydroxylation sites is 3. The maximum atomic E-state index is 10.2. The number of hydrogen-bond donors (Lipinski definition) is 0. The molecule has 5 aromatic carbocycles. The van der Waals surface area contributed by atoms with Crippen molar-refractivity contribution in [1.29, 1.82) is 5.26 Å². The summed E-state index contributed by atoms with van der Waals surface area (Å²) in [5, 5.41) is 16.9. The predicted molar refractivity (Wildman–Crippen MR) is 205 cm³/mol. The molecule has 9 aromatic rings. The van der Waals surface area contributed by atoms with E-state index >= 15 is 0 Å². The van der Waals surface area contributed by atoms with Crippen LogP contribution in [0.3, 0.4) is 0 Å². The normalized spacial score (nSPS) is 13.1. The molecule has 7 nitrogen and oxygen atoms in total. The van der Waals surface area contributed by atoms with Gasteiger partial charge in [-0.15, -0.1) is 0 Å². The molecule has 0 spiro atoms. The molecule has 1 aliphatic rings. The molecule has 10 rings (SSSR count). The Morgan fingerprint density at radius 2 is 1.33 bits per heavy atom. The van der Waals surface area contributed by atoms with Gasteiger partial charge in [-0.2, -0.15) is 15.2 Å². The average Bonchev–Trinajstić information content (AvgIpc) is 3.82. The first kappa shape index (κ1) is 29.4. The van der Waals surface area contributed by atoms with Crippen LogP contribution in [0, 0.1) is 11.3 Å². The standard InChI is InChI=1S/C44H32N6O/c1-44(2,3)42-46-41(47-43(48-42)50-33-16-8-4-12-27(33)28-13-5-9-17-34(28)50)32-24-26(25-45)20-22-36(32)49-35-18-10-6-15-31(35)39-37(49)23-21-30-29-14-7-11-19-38(29)51-40(30)39/h4-6,8-10,12-24H,7,11H2,1-3H3. The van der Waals surface area contributed by atoms with E-state index in [2.05, 4.69) is 121 Å². The zero-order chi connectivity index (χ0) is 34.4. The number of rotatable bonds is 3. The van der Waals surface area contributed by atoms with Gasteiger partial charge < -0.3 is 8.98 Å². The van der Waals surface area contributed by atoms with Crippen LogP contribution in [0.1, 0.15) is 45.0 Å². The van der Waals surface area contributed by atoms with Crippen LogP contribution in [0.2, 0.25) is 0 Å². The van der Waals surface area contributed by atoms with Crippen LogP contribution in [-0.2, 0) is 5.41 Å². The van der Waals surface area contributed by atoms with Crippen LogP contribution >= 0.6 is 0 Å². The topological polar surface area (TPSA) is 85.5 Å². The molecule has 4 aromatic heterocycles. The minimum atomic E-state index is -0.386. The maximum absolute atomic E-state index is 10.2. The number of fused-ring (bicyclic) bond motifs is 10. The summed E-state index contributed by atoms with van der Waals surface area (Å²) in [6.07, 6.45) is 6.47. The lowest BCUT2D eigenvalue weighted by atomic mass is 9.95. The lowest BCUT2D eigenvalue weighted by molar-refractivity contribution is 0.540. The summed E-state index contributed by atoms with van der Waals surface area (Å²) in [7, 11) is 0. The molecule has 0 N–H and O–H groups in total. The third-order valence-corrected chi connectivity index (χ3v) is 10.1. The summed E-state index contributed by atoms with van der Waals surface area (Å²) >= 11 is 0. The van der Waals surface area contributed by atoms with Gasteiger partial charge in [0, 0.05) is 37.7 Å². The molecule has 0 radical (unpaired) electrons. The zero-order valence-corrected chi connectivity index (χ0v) is 28.5. The SMILES string of the molecule is CC(C)(C)c1nc(-c2cc(C#N)ccc2-n2c3ccccc3c3c4oc5c(c4ccc32)=CCCC=5)nc(-n2c3ccccc3c3ccccc32)n1.